The van der Waals surface area contributed by atoms with Crippen LogP contribution in [0.2, 0.25) is 0 Å². The van der Waals surface area contributed by atoms with Gasteiger partial charge in [0.2, 0.25) is 0 Å². The zero-order valence-corrected chi connectivity index (χ0v) is 16.4. The molecule has 1 amide bonds. The Kier molecular flexibility index (Phi) is 4.74. The lowest BCUT2D eigenvalue weighted by Gasteiger charge is -2.18. The molecular weight excluding hydrogens is 372 g/mol. The predicted octanol–water partition coefficient (Wildman–Crippen LogP) is 5.74. The van der Waals surface area contributed by atoms with E-state index in [1.807, 2.05) is 77.7 Å². The van der Waals surface area contributed by atoms with E-state index in [-0.39, 0.29) is 5.91 Å². The van der Waals surface area contributed by atoms with Crippen LogP contribution in [0.1, 0.15) is 15.9 Å². The number of para-hydroxylation sites is 1. The zero-order valence-electron chi connectivity index (χ0n) is 16.4. The molecule has 0 atom stereocenters. The average Bonchev–Trinajstić information content (AvgIpc) is 3.24. The Hall–Kier alpha value is -3.92. The highest BCUT2D eigenvalue weighted by Gasteiger charge is 2.25. The van der Waals surface area contributed by atoms with Gasteiger partial charge >= 0.3 is 0 Å². The minimum atomic E-state index is 0.0108. The summed E-state index contributed by atoms with van der Waals surface area (Å²) in [5.41, 5.74) is 5.12. The first-order valence-corrected chi connectivity index (χ1v) is 9.96. The summed E-state index contributed by atoms with van der Waals surface area (Å²) in [5.74, 6) is 1.49. The van der Waals surface area contributed by atoms with Gasteiger partial charge in [0.15, 0.2) is 0 Å². The third-order valence-electron chi connectivity index (χ3n) is 5.31. The molecule has 1 aliphatic heterocycles. The van der Waals surface area contributed by atoms with Gasteiger partial charge in [0.1, 0.15) is 11.5 Å². The fraction of sp³-hybridized carbons (Fsp3) is 0.0769. The molecule has 30 heavy (non-hydrogen) atoms. The van der Waals surface area contributed by atoms with E-state index in [0.29, 0.717) is 17.9 Å². The summed E-state index contributed by atoms with van der Waals surface area (Å²) in [6.45, 7) is 0.691. The third-order valence-corrected chi connectivity index (χ3v) is 5.31. The molecule has 0 spiro atoms. The molecule has 0 saturated carbocycles. The number of ether oxygens (including phenoxy) is 1. The van der Waals surface area contributed by atoms with Gasteiger partial charge in [0.25, 0.3) is 5.91 Å². The third kappa shape index (κ3) is 3.55. The molecule has 0 aliphatic carbocycles. The molecule has 0 fully saturated rings. The Labute approximate surface area is 175 Å². The topological polar surface area (TPSA) is 42.4 Å². The summed E-state index contributed by atoms with van der Waals surface area (Å²) < 4.78 is 5.82. The maximum Gasteiger partial charge on any atom is 0.258 e. The van der Waals surface area contributed by atoms with E-state index in [0.717, 1.165) is 29.0 Å². The first-order chi connectivity index (χ1) is 14.8. The van der Waals surface area contributed by atoms with Gasteiger partial charge in [-0.25, -0.2) is 0 Å². The lowest BCUT2D eigenvalue weighted by atomic mass is 10.0. The number of aromatic nitrogens is 1. The standard InChI is InChI=1S/C26H20N2O2/c29-26(20-6-9-24(10-7-20)30-23-4-2-1-3-5-23)28-17-14-22-18-21(8-11-25(22)28)19-12-15-27-16-13-19/h1-13,15-16,18H,14,17H2. The largest absolute Gasteiger partial charge is 0.457 e. The number of rotatable bonds is 4. The van der Waals surface area contributed by atoms with Crippen molar-refractivity contribution in [1.82, 2.24) is 4.98 Å². The molecule has 146 valence electrons. The Bertz CT molecular complexity index is 1170. The summed E-state index contributed by atoms with van der Waals surface area (Å²) in [6, 6.07) is 27.2. The van der Waals surface area contributed by atoms with E-state index in [9.17, 15) is 4.79 Å². The molecule has 4 aromatic rings. The van der Waals surface area contributed by atoms with Gasteiger partial charge in [-0.15, -0.1) is 0 Å². The number of carbonyl (C=O) groups excluding carboxylic acids is 1. The van der Waals surface area contributed by atoms with Gasteiger partial charge in [0.05, 0.1) is 0 Å². The molecule has 0 radical (unpaired) electrons. The molecule has 0 unspecified atom stereocenters. The molecule has 2 heterocycles. The number of nitrogens with zero attached hydrogens (tertiary/aromatic N) is 2. The van der Waals surface area contributed by atoms with Crippen LogP contribution < -0.4 is 9.64 Å². The minimum Gasteiger partial charge on any atom is -0.457 e. The van der Waals surface area contributed by atoms with E-state index in [4.69, 9.17) is 4.74 Å². The van der Waals surface area contributed by atoms with E-state index in [1.54, 1.807) is 12.4 Å². The Morgan fingerprint density at radius 3 is 2.30 bits per heavy atom. The summed E-state index contributed by atoms with van der Waals surface area (Å²) in [7, 11) is 0. The molecule has 0 N–H and O–H groups in total. The van der Waals surface area contributed by atoms with E-state index in [2.05, 4.69) is 17.1 Å². The highest BCUT2D eigenvalue weighted by molar-refractivity contribution is 6.07. The lowest BCUT2D eigenvalue weighted by molar-refractivity contribution is 0.0989. The van der Waals surface area contributed by atoms with Crippen molar-refractivity contribution in [3.63, 3.8) is 0 Å². The number of carbonyl (C=O) groups is 1. The normalized spacial score (nSPS) is 12.5. The van der Waals surface area contributed by atoms with Crippen LogP contribution in [0, 0.1) is 0 Å². The van der Waals surface area contributed by atoms with Crippen molar-refractivity contribution < 1.29 is 9.53 Å². The van der Waals surface area contributed by atoms with Crippen molar-refractivity contribution in [2.75, 3.05) is 11.4 Å². The molecule has 1 aliphatic rings. The van der Waals surface area contributed by atoms with Crippen LogP contribution in [0.15, 0.2) is 97.3 Å². The van der Waals surface area contributed by atoms with Crippen molar-refractivity contribution in [2.24, 2.45) is 0 Å². The fourth-order valence-corrected chi connectivity index (χ4v) is 3.78. The summed E-state index contributed by atoms with van der Waals surface area (Å²) in [4.78, 5) is 19.1. The number of hydrogen-bond acceptors (Lipinski definition) is 3. The minimum absolute atomic E-state index is 0.0108. The fourth-order valence-electron chi connectivity index (χ4n) is 3.78. The molecule has 5 rings (SSSR count). The van der Waals surface area contributed by atoms with E-state index in [1.165, 1.54) is 5.56 Å². The van der Waals surface area contributed by atoms with Gasteiger partial charge < -0.3 is 9.64 Å². The number of hydrogen-bond donors (Lipinski definition) is 0. The summed E-state index contributed by atoms with van der Waals surface area (Å²) in [6.07, 6.45) is 4.45. The molecule has 0 bridgehead atoms. The van der Waals surface area contributed by atoms with Crippen molar-refractivity contribution in [1.29, 1.82) is 0 Å². The molecule has 0 saturated heterocycles. The number of anilines is 1. The van der Waals surface area contributed by atoms with Gasteiger partial charge in [-0.1, -0.05) is 24.3 Å². The van der Waals surface area contributed by atoms with Gasteiger partial charge in [-0.3, -0.25) is 9.78 Å². The summed E-state index contributed by atoms with van der Waals surface area (Å²) >= 11 is 0. The second-order valence-electron chi connectivity index (χ2n) is 7.23. The van der Waals surface area contributed by atoms with Crippen molar-refractivity contribution >= 4 is 11.6 Å². The molecule has 1 aromatic heterocycles. The smallest absolute Gasteiger partial charge is 0.258 e. The highest BCUT2D eigenvalue weighted by Crippen LogP contribution is 2.33. The monoisotopic (exact) mass is 392 g/mol. The van der Waals surface area contributed by atoms with E-state index >= 15 is 0 Å². The Balaban J connectivity index is 1.34. The van der Waals surface area contributed by atoms with Crippen LogP contribution in [0.4, 0.5) is 5.69 Å². The van der Waals surface area contributed by atoms with Crippen molar-refractivity contribution in [2.45, 2.75) is 6.42 Å². The van der Waals surface area contributed by atoms with E-state index < -0.39 is 0 Å². The number of pyridine rings is 1. The Morgan fingerprint density at radius 1 is 0.800 bits per heavy atom. The summed E-state index contributed by atoms with van der Waals surface area (Å²) in [5, 5.41) is 0. The number of fused-ring (bicyclic) bond motifs is 1. The van der Waals surface area contributed by atoms with Crippen LogP contribution in [-0.2, 0) is 6.42 Å². The van der Waals surface area contributed by atoms with Crippen molar-refractivity contribution in [3.05, 3.63) is 108 Å². The predicted molar refractivity (Wildman–Crippen MR) is 118 cm³/mol. The van der Waals surface area contributed by atoms with Gasteiger partial charge in [-0.2, -0.15) is 0 Å². The first kappa shape index (κ1) is 18.1. The van der Waals surface area contributed by atoms with Crippen LogP contribution in [-0.4, -0.2) is 17.4 Å². The molecule has 4 nitrogen and oxygen atoms in total. The Morgan fingerprint density at radius 2 is 1.53 bits per heavy atom. The number of amides is 1. The number of benzene rings is 3. The van der Waals surface area contributed by atoms with Crippen molar-refractivity contribution in [3.8, 4) is 22.6 Å². The second-order valence-corrected chi connectivity index (χ2v) is 7.23. The quantitative estimate of drug-likeness (QED) is 0.444. The van der Waals surface area contributed by atoms with Crippen LogP contribution in [0.25, 0.3) is 11.1 Å². The van der Waals surface area contributed by atoms with Crippen LogP contribution in [0.5, 0.6) is 11.5 Å². The maximum atomic E-state index is 13.1. The molecule has 4 heteroatoms. The second kappa shape index (κ2) is 7.84. The SMILES string of the molecule is O=C(c1ccc(Oc2ccccc2)cc1)N1CCc2cc(-c3ccncc3)ccc21. The molecular formula is C26H20N2O2. The van der Waals surface area contributed by atoms with Crippen LogP contribution >= 0.6 is 0 Å². The average molecular weight is 392 g/mol. The maximum absolute atomic E-state index is 13.1. The highest BCUT2D eigenvalue weighted by atomic mass is 16.5. The van der Waals surface area contributed by atoms with Crippen LogP contribution in [0.3, 0.4) is 0 Å². The molecule has 3 aromatic carbocycles. The zero-order chi connectivity index (χ0) is 20.3. The lowest BCUT2D eigenvalue weighted by Crippen LogP contribution is -2.28. The van der Waals surface area contributed by atoms with Gasteiger partial charge in [-0.05, 0) is 83.8 Å². The first-order valence-electron chi connectivity index (χ1n) is 9.96. The van der Waals surface area contributed by atoms with Gasteiger partial charge in [0, 0.05) is 30.2 Å².